The van der Waals surface area contributed by atoms with Crippen molar-refractivity contribution >= 4 is 51.9 Å². The molecule has 7 heteroatoms. The van der Waals surface area contributed by atoms with Crippen molar-refractivity contribution in [3.05, 3.63) is 60.3 Å². The number of halogens is 1. The monoisotopic (exact) mass is 373 g/mol. The maximum Gasteiger partial charge on any atom is 0.286 e. The summed E-state index contributed by atoms with van der Waals surface area (Å²) in [4.78, 5) is 23.2. The summed E-state index contributed by atoms with van der Waals surface area (Å²) in [6, 6.07) is 15.8. The predicted octanol–water partition coefficient (Wildman–Crippen LogP) is 3.53. The Labute approximate surface area is 155 Å². The minimum Gasteiger partial charge on any atom is -0.399 e. The van der Waals surface area contributed by atoms with Crippen molar-refractivity contribution in [2.24, 2.45) is 0 Å². The summed E-state index contributed by atoms with van der Waals surface area (Å²) in [5.74, 6) is -0.208. The molecule has 1 fully saturated rings. The number of aromatic nitrogens is 1. The largest absolute Gasteiger partial charge is 0.399 e. The Morgan fingerprint density at radius 2 is 1.84 bits per heavy atom. The maximum absolute atomic E-state index is 11.8. The van der Waals surface area contributed by atoms with E-state index >= 15 is 0 Å². The van der Waals surface area contributed by atoms with Crippen LogP contribution in [0.25, 0.3) is 16.6 Å². The number of thioether (sulfide) groups is 1. The summed E-state index contributed by atoms with van der Waals surface area (Å²) in [5.41, 5.74) is 9.63. The number of hydrogen-bond donors (Lipinski definition) is 2. The first-order chi connectivity index (χ1) is 11.6. The Hall–Kier alpha value is -2.44. The maximum atomic E-state index is 11.8. The standard InChI is InChI=1S/C18H15N3O2S.ClH/c19-12-4-6-13(7-5-12)21-9-8-14-11(2-1-3-15(14)21)10-16-17(22)20-18(23)24-16;/h1-9,16H,10,19H2,(H,20,22,23);1H. The number of nitrogens with zero attached hydrogens (tertiary/aromatic N) is 1. The second kappa shape index (κ2) is 6.82. The molecule has 5 nitrogen and oxygen atoms in total. The lowest BCUT2D eigenvalue weighted by atomic mass is 10.0. The molecular formula is C18H16ClN3O2S. The summed E-state index contributed by atoms with van der Waals surface area (Å²) in [6.07, 6.45) is 2.54. The summed E-state index contributed by atoms with van der Waals surface area (Å²) in [6.45, 7) is 0. The second-order valence-electron chi connectivity index (χ2n) is 5.71. The molecular weight excluding hydrogens is 358 g/mol. The molecule has 0 radical (unpaired) electrons. The second-order valence-corrected chi connectivity index (χ2v) is 6.89. The highest BCUT2D eigenvalue weighted by Crippen LogP contribution is 2.29. The van der Waals surface area contributed by atoms with E-state index in [1.165, 1.54) is 0 Å². The molecule has 0 bridgehead atoms. The van der Waals surface area contributed by atoms with Gasteiger partial charge in [0.1, 0.15) is 0 Å². The molecule has 2 aromatic carbocycles. The van der Waals surface area contributed by atoms with Crippen molar-refractivity contribution in [3.63, 3.8) is 0 Å². The molecule has 1 atom stereocenters. The van der Waals surface area contributed by atoms with Gasteiger partial charge in [-0.05, 0) is 48.4 Å². The topological polar surface area (TPSA) is 77.1 Å². The molecule has 3 aromatic rings. The number of nitrogens with one attached hydrogen (secondary N) is 1. The van der Waals surface area contributed by atoms with Crippen molar-refractivity contribution < 1.29 is 9.59 Å². The van der Waals surface area contributed by atoms with E-state index in [1.807, 2.05) is 54.7 Å². The molecule has 4 rings (SSSR count). The lowest BCUT2D eigenvalue weighted by Crippen LogP contribution is -2.25. The van der Waals surface area contributed by atoms with Crippen molar-refractivity contribution in [2.75, 3.05) is 5.73 Å². The van der Waals surface area contributed by atoms with E-state index < -0.39 is 0 Å². The van der Waals surface area contributed by atoms with Crippen LogP contribution in [0.5, 0.6) is 0 Å². The molecule has 0 spiro atoms. The molecule has 0 saturated carbocycles. The van der Waals surface area contributed by atoms with Crippen LogP contribution in [0, 0.1) is 0 Å². The minimum absolute atomic E-state index is 0. The first-order valence-corrected chi connectivity index (χ1v) is 8.46. The van der Waals surface area contributed by atoms with Gasteiger partial charge in [0.15, 0.2) is 0 Å². The molecule has 1 unspecified atom stereocenters. The van der Waals surface area contributed by atoms with Crippen LogP contribution in [-0.4, -0.2) is 21.0 Å². The van der Waals surface area contributed by atoms with E-state index in [4.69, 9.17) is 5.73 Å². The third-order valence-electron chi connectivity index (χ3n) is 4.17. The van der Waals surface area contributed by atoms with Crippen LogP contribution in [0.1, 0.15) is 5.56 Å². The summed E-state index contributed by atoms with van der Waals surface area (Å²) in [7, 11) is 0. The van der Waals surface area contributed by atoms with E-state index in [9.17, 15) is 9.59 Å². The summed E-state index contributed by atoms with van der Waals surface area (Å²) in [5, 5.41) is 2.80. The predicted molar refractivity (Wildman–Crippen MR) is 104 cm³/mol. The lowest BCUT2D eigenvalue weighted by molar-refractivity contribution is -0.118. The zero-order valence-electron chi connectivity index (χ0n) is 13.1. The number of nitrogens with two attached hydrogens (primary N) is 1. The van der Waals surface area contributed by atoms with Gasteiger partial charge in [-0.2, -0.15) is 0 Å². The van der Waals surface area contributed by atoms with Gasteiger partial charge in [0.2, 0.25) is 5.91 Å². The minimum atomic E-state index is -0.358. The van der Waals surface area contributed by atoms with Gasteiger partial charge in [-0.1, -0.05) is 23.9 Å². The molecule has 128 valence electrons. The normalized spacial score (nSPS) is 16.7. The Bertz CT molecular complexity index is 953. The highest BCUT2D eigenvalue weighted by molar-refractivity contribution is 8.15. The molecule has 2 amide bonds. The zero-order valence-corrected chi connectivity index (χ0v) is 14.8. The van der Waals surface area contributed by atoms with Gasteiger partial charge in [-0.3, -0.25) is 14.9 Å². The summed E-state index contributed by atoms with van der Waals surface area (Å²) < 4.78 is 2.09. The first kappa shape index (κ1) is 17.4. The van der Waals surface area contributed by atoms with Gasteiger partial charge >= 0.3 is 0 Å². The lowest BCUT2D eigenvalue weighted by Gasteiger charge is -2.09. The smallest absolute Gasteiger partial charge is 0.286 e. The zero-order chi connectivity index (χ0) is 16.7. The Kier molecular flexibility index (Phi) is 4.74. The van der Waals surface area contributed by atoms with E-state index in [2.05, 4.69) is 9.88 Å². The number of benzene rings is 2. The fraction of sp³-hybridized carbons (Fsp3) is 0.111. The van der Waals surface area contributed by atoms with Gasteiger partial charge in [-0.15, -0.1) is 12.4 Å². The van der Waals surface area contributed by atoms with Crippen LogP contribution in [0.4, 0.5) is 10.5 Å². The Balaban J connectivity index is 0.00000182. The number of amides is 2. The number of nitrogen functional groups attached to an aromatic ring is 1. The molecule has 1 aliphatic heterocycles. The average Bonchev–Trinajstić information content (AvgIpc) is 3.12. The third-order valence-corrected chi connectivity index (χ3v) is 5.15. The van der Waals surface area contributed by atoms with Gasteiger partial charge in [0.05, 0.1) is 10.8 Å². The molecule has 0 aliphatic carbocycles. The molecule has 1 saturated heterocycles. The van der Waals surface area contributed by atoms with E-state index in [0.717, 1.165) is 39.6 Å². The van der Waals surface area contributed by atoms with Crippen molar-refractivity contribution in [1.82, 2.24) is 9.88 Å². The Morgan fingerprint density at radius 1 is 1.08 bits per heavy atom. The van der Waals surface area contributed by atoms with Crippen LogP contribution in [0.3, 0.4) is 0 Å². The van der Waals surface area contributed by atoms with E-state index in [0.29, 0.717) is 6.42 Å². The van der Waals surface area contributed by atoms with Crippen LogP contribution in [0.2, 0.25) is 0 Å². The Morgan fingerprint density at radius 3 is 2.52 bits per heavy atom. The first-order valence-electron chi connectivity index (χ1n) is 7.58. The number of carbonyl (C=O) groups excluding carboxylic acids is 2. The fourth-order valence-electron chi connectivity index (χ4n) is 3.00. The molecule has 1 aliphatic rings. The van der Waals surface area contributed by atoms with Crippen LogP contribution in [-0.2, 0) is 11.2 Å². The van der Waals surface area contributed by atoms with Crippen molar-refractivity contribution in [1.29, 1.82) is 0 Å². The molecule has 25 heavy (non-hydrogen) atoms. The quantitative estimate of drug-likeness (QED) is 0.688. The highest BCUT2D eigenvalue weighted by atomic mass is 35.5. The fourth-order valence-corrected chi connectivity index (χ4v) is 3.84. The van der Waals surface area contributed by atoms with Crippen molar-refractivity contribution in [3.8, 4) is 5.69 Å². The number of fused-ring (bicyclic) bond motifs is 1. The van der Waals surface area contributed by atoms with Gasteiger partial charge in [0.25, 0.3) is 5.24 Å². The molecule has 3 N–H and O–H groups in total. The number of hydrogen-bond acceptors (Lipinski definition) is 4. The van der Waals surface area contributed by atoms with Crippen LogP contribution in [0.15, 0.2) is 54.7 Å². The van der Waals surface area contributed by atoms with E-state index in [-0.39, 0.29) is 28.8 Å². The van der Waals surface area contributed by atoms with Crippen molar-refractivity contribution in [2.45, 2.75) is 11.7 Å². The third kappa shape index (κ3) is 3.23. The number of imide groups is 1. The number of anilines is 1. The van der Waals surface area contributed by atoms with E-state index in [1.54, 1.807) is 0 Å². The van der Waals surface area contributed by atoms with Crippen LogP contribution >= 0.6 is 24.2 Å². The number of rotatable bonds is 3. The van der Waals surface area contributed by atoms with Gasteiger partial charge in [-0.25, -0.2) is 0 Å². The number of carbonyl (C=O) groups is 2. The summed E-state index contributed by atoms with van der Waals surface area (Å²) >= 11 is 1.06. The SMILES string of the molecule is Cl.Nc1ccc(-n2ccc3c(CC4SC(=O)NC4=O)cccc32)cc1. The highest BCUT2D eigenvalue weighted by Gasteiger charge is 2.31. The molecule has 1 aromatic heterocycles. The van der Waals surface area contributed by atoms with Gasteiger partial charge < -0.3 is 10.3 Å². The van der Waals surface area contributed by atoms with Crippen LogP contribution < -0.4 is 11.1 Å². The average molecular weight is 374 g/mol. The van der Waals surface area contributed by atoms with Gasteiger partial charge in [0, 0.05) is 23.0 Å². The molecule has 2 heterocycles.